The number of furan rings is 1. The molecular formula is C20H18N2O2S. The number of phenolic OH excluding ortho intramolecular Hbond substituents is 1. The summed E-state index contributed by atoms with van der Waals surface area (Å²) < 4.78 is 7.72. The zero-order valence-electron chi connectivity index (χ0n) is 14.1. The molecule has 0 atom stereocenters. The summed E-state index contributed by atoms with van der Waals surface area (Å²) in [5, 5.41) is 12.5. The largest absolute Gasteiger partial charge is 0.508 e. The Morgan fingerprint density at radius 1 is 1.16 bits per heavy atom. The number of aromatic hydroxyl groups is 1. The van der Waals surface area contributed by atoms with E-state index in [9.17, 15) is 5.11 Å². The SMILES string of the molecule is Cc1cc(-c2csc(-c3ccc(O)cc3)n2)c(C)n1Cc1ccco1. The van der Waals surface area contributed by atoms with Crippen molar-refractivity contribution < 1.29 is 9.52 Å². The van der Waals surface area contributed by atoms with Gasteiger partial charge in [-0.3, -0.25) is 0 Å². The first-order valence-electron chi connectivity index (χ1n) is 8.06. The van der Waals surface area contributed by atoms with Crippen molar-refractivity contribution in [3.63, 3.8) is 0 Å². The third-order valence-corrected chi connectivity index (χ3v) is 5.25. The number of rotatable bonds is 4. The molecule has 0 spiro atoms. The molecule has 1 N–H and O–H groups in total. The number of benzene rings is 1. The van der Waals surface area contributed by atoms with Crippen LogP contribution in [0, 0.1) is 13.8 Å². The van der Waals surface area contributed by atoms with Gasteiger partial charge in [-0.2, -0.15) is 0 Å². The number of phenols is 1. The van der Waals surface area contributed by atoms with Gasteiger partial charge in [-0.25, -0.2) is 4.98 Å². The van der Waals surface area contributed by atoms with Gasteiger partial charge in [0.1, 0.15) is 16.5 Å². The summed E-state index contributed by atoms with van der Waals surface area (Å²) in [6.45, 7) is 4.94. The zero-order chi connectivity index (χ0) is 17.4. The number of hydrogen-bond donors (Lipinski definition) is 1. The maximum Gasteiger partial charge on any atom is 0.124 e. The summed E-state index contributed by atoms with van der Waals surface area (Å²) in [5.74, 6) is 1.21. The van der Waals surface area contributed by atoms with Gasteiger partial charge in [-0.1, -0.05) is 0 Å². The van der Waals surface area contributed by atoms with Gasteiger partial charge >= 0.3 is 0 Å². The minimum absolute atomic E-state index is 0.266. The molecule has 0 saturated carbocycles. The normalized spacial score (nSPS) is 11.1. The average Bonchev–Trinajstić information content (AvgIpc) is 3.33. The molecule has 4 rings (SSSR count). The Kier molecular flexibility index (Phi) is 3.93. The predicted molar refractivity (Wildman–Crippen MR) is 99.9 cm³/mol. The molecular weight excluding hydrogens is 332 g/mol. The summed E-state index contributed by atoms with van der Waals surface area (Å²) in [5.41, 5.74) is 5.50. The number of aryl methyl sites for hydroxylation is 1. The van der Waals surface area contributed by atoms with E-state index in [4.69, 9.17) is 9.40 Å². The predicted octanol–water partition coefficient (Wildman–Crippen LogP) is 5.24. The molecule has 0 saturated heterocycles. The van der Waals surface area contributed by atoms with E-state index in [0.29, 0.717) is 0 Å². The minimum Gasteiger partial charge on any atom is -0.508 e. The molecule has 0 radical (unpaired) electrons. The molecule has 0 bridgehead atoms. The Morgan fingerprint density at radius 2 is 1.96 bits per heavy atom. The van der Waals surface area contributed by atoms with E-state index in [1.54, 1.807) is 29.7 Å². The smallest absolute Gasteiger partial charge is 0.124 e. The maximum atomic E-state index is 9.43. The molecule has 0 aliphatic rings. The van der Waals surface area contributed by atoms with Crippen LogP contribution in [0.15, 0.2) is 58.5 Å². The van der Waals surface area contributed by atoms with Crippen molar-refractivity contribution in [3.8, 4) is 27.6 Å². The van der Waals surface area contributed by atoms with Gasteiger partial charge in [0.25, 0.3) is 0 Å². The highest BCUT2D eigenvalue weighted by molar-refractivity contribution is 7.13. The monoisotopic (exact) mass is 350 g/mol. The molecule has 0 fully saturated rings. The third-order valence-electron chi connectivity index (χ3n) is 4.36. The second-order valence-electron chi connectivity index (χ2n) is 6.04. The lowest BCUT2D eigenvalue weighted by molar-refractivity contribution is 0.475. The third kappa shape index (κ3) is 2.98. The molecule has 0 unspecified atom stereocenters. The first-order chi connectivity index (χ1) is 12.1. The first kappa shape index (κ1) is 15.7. The van der Waals surface area contributed by atoms with Crippen molar-refractivity contribution in [1.82, 2.24) is 9.55 Å². The topological polar surface area (TPSA) is 51.2 Å². The van der Waals surface area contributed by atoms with Crippen molar-refractivity contribution in [2.75, 3.05) is 0 Å². The number of nitrogens with zero attached hydrogens (tertiary/aromatic N) is 2. The van der Waals surface area contributed by atoms with Crippen molar-refractivity contribution in [3.05, 3.63) is 71.3 Å². The van der Waals surface area contributed by atoms with Crippen LogP contribution in [0.25, 0.3) is 21.8 Å². The number of aromatic nitrogens is 2. The Labute approximate surface area is 150 Å². The maximum absolute atomic E-state index is 9.43. The van der Waals surface area contributed by atoms with E-state index in [1.165, 1.54) is 11.4 Å². The highest BCUT2D eigenvalue weighted by atomic mass is 32.1. The van der Waals surface area contributed by atoms with Gasteiger partial charge in [-0.15, -0.1) is 11.3 Å². The quantitative estimate of drug-likeness (QED) is 0.547. The van der Waals surface area contributed by atoms with Crippen LogP contribution in [0.1, 0.15) is 17.1 Å². The standard InChI is InChI=1S/C20H18N2O2S/c1-13-10-18(14(2)22(13)11-17-4-3-9-24-17)19-12-25-20(21-19)15-5-7-16(23)8-6-15/h3-10,12,23H,11H2,1-2H3. The van der Waals surface area contributed by atoms with Crippen LogP contribution < -0.4 is 0 Å². The fraction of sp³-hybridized carbons (Fsp3) is 0.150. The Balaban J connectivity index is 1.67. The highest BCUT2D eigenvalue weighted by Crippen LogP contribution is 2.32. The molecule has 3 heterocycles. The van der Waals surface area contributed by atoms with E-state index in [-0.39, 0.29) is 5.75 Å². The fourth-order valence-corrected chi connectivity index (χ4v) is 3.82. The van der Waals surface area contributed by atoms with E-state index in [0.717, 1.165) is 34.1 Å². The van der Waals surface area contributed by atoms with Gasteiger partial charge < -0.3 is 14.1 Å². The van der Waals surface area contributed by atoms with E-state index >= 15 is 0 Å². The highest BCUT2D eigenvalue weighted by Gasteiger charge is 2.15. The molecule has 0 aliphatic heterocycles. The Morgan fingerprint density at radius 3 is 2.68 bits per heavy atom. The van der Waals surface area contributed by atoms with Crippen LogP contribution in [-0.2, 0) is 6.54 Å². The summed E-state index contributed by atoms with van der Waals surface area (Å²) >= 11 is 1.61. The van der Waals surface area contributed by atoms with Gasteiger partial charge in [0.05, 0.1) is 18.5 Å². The van der Waals surface area contributed by atoms with E-state index in [2.05, 4.69) is 29.9 Å². The lowest BCUT2D eigenvalue weighted by atomic mass is 10.2. The van der Waals surface area contributed by atoms with Crippen LogP contribution in [0.2, 0.25) is 0 Å². The van der Waals surface area contributed by atoms with Crippen molar-refractivity contribution in [1.29, 1.82) is 0 Å². The molecule has 3 aromatic heterocycles. The van der Waals surface area contributed by atoms with Crippen LogP contribution in [0.5, 0.6) is 5.75 Å². The summed E-state index contributed by atoms with van der Waals surface area (Å²) in [4.78, 5) is 4.79. The lowest BCUT2D eigenvalue weighted by Crippen LogP contribution is -2.02. The van der Waals surface area contributed by atoms with Crippen molar-refractivity contribution in [2.45, 2.75) is 20.4 Å². The summed E-state index contributed by atoms with van der Waals surface area (Å²) in [6.07, 6.45) is 1.70. The second-order valence-corrected chi connectivity index (χ2v) is 6.89. The van der Waals surface area contributed by atoms with E-state index < -0.39 is 0 Å². The minimum atomic E-state index is 0.266. The molecule has 126 valence electrons. The van der Waals surface area contributed by atoms with Gasteiger partial charge in [0.15, 0.2) is 0 Å². The molecule has 4 nitrogen and oxygen atoms in total. The second kappa shape index (κ2) is 6.26. The van der Waals surface area contributed by atoms with Gasteiger partial charge in [-0.05, 0) is 56.3 Å². The zero-order valence-corrected chi connectivity index (χ0v) is 14.9. The van der Waals surface area contributed by atoms with E-state index in [1.807, 2.05) is 24.3 Å². The van der Waals surface area contributed by atoms with Gasteiger partial charge in [0.2, 0.25) is 0 Å². The first-order valence-corrected chi connectivity index (χ1v) is 8.94. The van der Waals surface area contributed by atoms with Crippen LogP contribution >= 0.6 is 11.3 Å². The lowest BCUT2D eigenvalue weighted by Gasteiger charge is -2.07. The Bertz CT molecular complexity index is 995. The van der Waals surface area contributed by atoms with Crippen LogP contribution in [0.4, 0.5) is 0 Å². The molecule has 4 aromatic rings. The Hall–Kier alpha value is -2.79. The fourth-order valence-electron chi connectivity index (χ4n) is 3.00. The molecule has 5 heteroatoms. The molecule has 0 aliphatic carbocycles. The van der Waals surface area contributed by atoms with Crippen LogP contribution in [-0.4, -0.2) is 14.7 Å². The summed E-state index contributed by atoms with van der Waals surface area (Å²) in [7, 11) is 0. The molecule has 25 heavy (non-hydrogen) atoms. The molecule has 0 amide bonds. The number of thiazole rings is 1. The number of hydrogen-bond acceptors (Lipinski definition) is 4. The summed E-state index contributed by atoms with van der Waals surface area (Å²) in [6, 6.07) is 13.2. The van der Waals surface area contributed by atoms with Crippen molar-refractivity contribution >= 4 is 11.3 Å². The van der Waals surface area contributed by atoms with Crippen molar-refractivity contribution in [2.24, 2.45) is 0 Å². The van der Waals surface area contributed by atoms with Gasteiger partial charge in [0, 0.05) is 27.9 Å². The van der Waals surface area contributed by atoms with Crippen LogP contribution in [0.3, 0.4) is 0 Å². The average molecular weight is 350 g/mol. The molecule has 1 aromatic carbocycles.